The molecule has 0 saturated carbocycles. The van der Waals surface area contributed by atoms with Crippen LogP contribution in [0.4, 0.5) is 0 Å². The van der Waals surface area contributed by atoms with Crippen molar-refractivity contribution in [3.8, 4) is 6.07 Å². The highest BCUT2D eigenvalue weighted by Crippen LogP contribution is 2.14. The standard InChI is InChI=1S/C10H12N2O/c11-7-8-2-1-3-9(6-8)10(12)4-5-13/h1-3,6,10,13H,4-5,12H2/t10-/m0/s1. The molecule has 0 bridgehead atoms. The SMILES string of the molecule is N#Cc1cccc([C@@H](N)CCO)c1. The number of nitrogens with two attached hydrogens (primary N) is 1. The van der Waals surface area contributed by atoms with E-state index in [1.165, 1.54) is 0 Å². The average Bonchev–Trinajstić information content (AvgIpc) is 2.18. The number of hydrogen-bond donors (Lipinski definition) is 2. The predicted octanol–water partition coefficient (Wildman–Crippen LogP) is 0.940. The monoisotopic (exact) mass is 176 g/mol. The average molecular weight is 176 g/mol. The van der Waals surface area contributed by atoms with Crippen LogP contribution in [-0.2, 0) is 0 Å². The molecule has 0 aliphatic carbocycles. The van der Waals surface area contributed by atoms with Crippen molar-refractivity contribution in [3.63, 3.8) is 0 Å². The molecule has 13 heavy (non-hydrogen) atoms. The van der Waals surface area contributed by atoms with Crippen LogP contribution in [0.5, 0.6) is 0 Å². The van der Waals surface area contributed by atoms with Crippen LogP contribution in [0.3, 0.4) is 0 Å². The third-order valence-corrected chi connectivity index (χ3v) is 1.88. The van der Waals surface area contributed by atoms with E-state index in [0.29, 0.717) is 12.0 Å². The molecule has 0 aliphatic heterocycles. The summed E-state index contributed by atoms with van der Waals surface area (Å²) in [5, 5.41) is 17.3. The maximum atomic E-state index is 8.68. The molecular weight excluding hydrogens is 164 g/mol. The summed E-state index contributed by atoms with van der Waals surface area (Å²) >= 11 is 0. The lowest BCUT2D eigenvalue weighted by molar-refractivity contribution is 0.276. The molecular formula is C10H12N2O. The lowest BCUT2D eigenvalue weighted by Crippen LogP contribution is -2.11. The van der Waals surface area contributed by atoms with Gasteiger partial charge in [-0.1, -0.05) is 12.1 Å². The van der Waals surface area contributed by atoms with Gasteiger partial charge in [-0.2, -0.15) is 5.26 Å². The number of aliphatic hydroxyl groups is 1. The summed E-state index contributed by atoms with van der Waals surface area (Å²) in [5.74, 6) is 0. The highest BCUT2D eigenvalue weighted by molar-refractivity contribution is 5.34. The van der Waals surface area contributed by atoms with E-state index >= 15 is 0 Å². The van der Waals surface area contributed by atoms with Crippen LogP contribution < -0.4 is 5.73 Å². The summed E-state index contributed by atoms with van der Waals surface area (Å²) in [6.45, 7) is 0.0674. The quantitative estimate of drug-likeness (QED) is 0.720. The molecule has 1 aromatic rings. The Morgan fingerprint density at radius 3 is 2.92 bits per heavy atom. The first-order valence-corrected chi connectivity index (χ1v) is 4.14. The van der Waals surface area contributed by atoms with Gasteiger partial charge in [0, 0.05) is 12.6 Å². The minimum atomic E-state index is -0.182. The van der Waals surface area contributed by atoms with E-state index in [1.54, 1.807) is 18.2 Å². The van der Waals surface area contributed by atoms with Crippen molar-refractivity contribution in [1.29, 1.82) is 5.26 Å². The molecule has 0 spiro atoms. The van der Waals surface area contributed by atoms with Crippen LogP contribution in [-0.4, -0.2) is 11.7 Å². The number of rotatable bonds is 3. The molecule has 0 radical (unpaired) electrons. The first-order chi connectivity index (χ1) is 6.27. The maximum Gasteiger partial charge on any atom is 0.0991 e. The summed E-state index contributed by atoms with van der Waals surface area (Å²) < 4.78 is 0. The molecule has 68 valence electrons. The van der Waals surface area contributed by atoms with E-state index in [2.05, 4.69) is 0 Å². The van der Waals surface area contributed by atoms with Crippen molar-refractivity contribution in [2.45, 2.75) is 12.5 Å². The second-order valence-electron chi connectivity index (χ2n) is 2.86. The van der Waals surface area contributed by atoms with E-state index < -0.39 is 0 Å². The molecule has 0 saturated heterocycles. The first kappa shape index (κ1) is 9.72. The molecule has 1 atom stereocenters. The van der Waals surface area contributed by atoms with Gasteiger partial charge in [0.1, 0.15) is 0 Å². The molecule has 0 fully saturated rings. The van der Waals surface area contributed by atoms with Crippen LogP contribution in [0.1, 0.15) is 23.6 Å². The Balaban J connectivity index is 2.83. The molecule has 1 aromatic carbocycles. The largest absolute Gasteiger partial charge is 0.396 e. The normalized spacial score (nSPS) is 12.1. The maximum absolute atomic E-state index is 8.68. The Morgan fingerprint density at radius 1 is 1.54 bits per heavy atom. The van der Waals surface area contributed by atoms with E-state index in [9.17, 15) is 0 Å². The van der Waals surface area contributed by atoms with Gasteiger partial charge in [-0.25, -0.2) is 0 Å². The first-order valence-electron chi connectivity index (χ1n) is 4.14. The van der Waals surface area contributed by atoms with Gasteiger partial charge < -0.3 is 10.8 Å². The lowest BCUT2D eigenvalue weighted by atomic mass is 10.0. The zero-order valence-corrected chi connectivity index (χ0v) is 7.27. The van der Waals surface area contributed by atoms with Gasteiger partial charge in [-0.3, -0.25) is 0 Å². The lowest BCUT2D eigenvalue weighted by Gasteiger charge is -2.09. The molecule has 0 unspecified atom stereocenters. The van der Waals surface area contributed by atoms with Crippen molar-refractivity contribution in [2.24, 2.45) is 5.73 Å². The summed E-state index contributed by atoms with van der Waals surface area (Å²) in [6, 6.07) is 9.00. The van der Waals surface area contributed by atoms with Gasteiger partial charge in [0.2, 0.25) is 0 Å². The van der Waals surface area contributed by atoms with Crippen LogP contribution in [0.25, 0.3) is 0 Å². The number of nitriles is 1. The van der Waals surface area contributed by atoms with Crippen molar-refractivity contribution >= 4 is 0 Å². The Kier molecular flexibility index (Phi) is 3.44. The highest BCUT2D eigenvalue weighted by atomic mass is 16.3. The Labute approximate surface area is 77.4 Å². The van der Waals surface area contributed by atoms with Crippen LogP contribution in [0.2, 0.25) is 0 Å². The second-order valence-corrected chi connectivity index (χ2v) is 2.86. The third-order valence-electron chi connectivity index (χ3n) is 1.88. The zero-order chi connectivity index (χ0) is 9.68. The Morgan fingerprint density at radius 2 is 2.31 bits per heavy atom. The number of nitrogens with zero attached hydrogens (tertiary/aromatic N) is 1. The topological polar surface area (TPSA) is 70.0 Å². The van der Waals surface area contributed by atoms with Gasteiger partial charge in [-0.05, 0) is 24.1 Å². The van der Waals surface area contributed by atoms with E-state index in [0.717, 1.165) is 5.56 Å². The minimum absolute atomic E-state index is 0.0674. The molecule has 3 nitrogen and oxygen atoms in total. The third kappa shape index (κ3) is 2.55. The summed E-state index contributed by atoms with van der Waals surface area (Å²) in [7, 11) is 0. The number of hydrogen-bond acceptors (Lipinski definition) is 3. The fraction of sp³-hybridized carbons (Fsp3) is 0.300. The molecule has 0 aliphatic rings. The van der Waals surface area contributed by atoms with Gasteiger partial charge in [0.15, 0.2) is 0 Å². The van der Waals surface area contributed by atoms with Crippen LogP contribution >= 0.6 is 0 Å². The Hall–Kier alpha value is -1.37. The molecule has 0 aromatic heterocycles. The number of benzene rings is 1. The van der Waals surface area contributed by atoms with Crippen LogP contribution in [0.15, 0.2) is 24.3 Å². The molecule has 0 amide bonds. The smallest absolute Gasteiger partial charge is 0.0991 e. The molecule has 0 heterocycles. The van der Waals surface area contributed by atoms with Gasteiger partial charge >= 0.3 is 0 Å². The summed E-state index contributed by atoms with van der Waals surface area (Å²) in [4.78, 5) is 0. The molecule has 3 N–H and O–H groups in total. The summed E-state index contributed by atoms with van der Waals surface area (Å²) in [6.07, 6.45) is 0.523. The van der Waals surface area contributed by atoms with E-state index in [1.807, 2.05) is 12.1 Å². The van der Waals surface area contributed by atoms with Crippen LogP contribution in [0, 0.1) is 11.3 Å². The van der Waals surface area contributed by atoms with Crippen molar-refractivity contribution < 1.29 is 5.11 Å². The second kappa shape index (κ2) is 4.61. The van der Waals surface area contributed by atoms with Gasteiger partial charge in [0.25, 0.3) is 0 Å². The van der Waals surface area contributed by atoms with E-state index in [-0.39, 0.29) is 12.6 Å². The van der Waals surface area contributed by atoms with Gasteiger partial charge in [-0.15, -0.1) is 0 Å². The Bertz CT molecular complexity index is 317. The fourth-order valence-electron chi connectivity index (χ4n) is 1.14. The predicted molar refractivity (Wildman–Crippen MR) is 49.8 cm³/mol. The fourth-order valence-corrected chi connectivity index (χ4v) is 1.14. The minimum Gasteiger partial charge on any atom is -0.396 e. The zero-order valence-electron chi connectivity index (χ0n) is 7.27. The number of aliphatic hydroxyl groups excluding tert-OH is 1. The van der Waals surface area contributed by atoms with Crippen molar-refractivity contribution in [1.82, 2.24) is 0 Å². The highest BCUT2D eigenvalue weighted by Gasteiger charge is 2.04. The van der Waals surface area contributed by atoms with Crippen molar-refractivity contribution in [3.05, 3.63) is 35.4 Å². The van der Waals surface area contributed by atoms with E-state index in [4.69, 9.17) is 16.1 Å². The molecule has 3 heteroatoms. The van der Waals surface area contributed by atoms with Crippen molar-refractivity contribution in [2.75, 3.05) is 6.61 Å². The summed E-state index contributed by atoms with van der Waals surface area (Å²) in [5.41, 5.74) is 7.26. The molecule has 1 rings (SSSR count). The van der Waals surface area contributed by atoms with Gasteiger partial charge in [0.05, 0.1) is 11.6 Å².